The van der Waals surface area contributed by atoms with E-state index in [1.54, 1.807) is 0 Å². The van der Waals surface area contributed by atoms with Gasteiger partial charge in [-0.1, -0.05) is 28.9 Å². The second kappa shape index (κ2) is 5.87. The van der Waals surface area contributed by atoms with E-state index in [9.17, 15) is 0 Å². The average Bonchev–Trinajstić information content (AvgIpc) is 2.32. The van der Waals surface area contributed by atoms with E-state index in [1.807, 2.05) is 0 Å². The molecule has 1 atom stereocenters. The fraction of sp³-hybridized carbons (Fsp3) is 0.571. The normalized spacial score (nSPS) is 20.6. The number of halogens is 1. The molecule has 1 saturated heterocycles. The lowest BCUT2D eigenvalue weighted by Crippen LogP contribution is -2.35. The molecule has 0 spiro atoms. The largest absolute Gasteiger partial charge is 0.371 e. The fourth-order valence-electron chi connectivity index (χ4n) is 2.61. The predicted octanol–water partition coefficient (Wildman–Crippen LogP) is 3.19. The molecule has 1 aromatic rings. The average molecular weight is 297 g/mol. The molecule has 0 bridgehead atoms. The summed E-state index contributed by atoms with van der Waals surface area (Å²) >= 11 is 3.57. The molecule has 1 heterocycles. The molecule has 2 nitrogen and oxygen atoms in total. The summed E-state index contributed by atoms with van der Waals surface area (Å²) in [5.41, 5.74) is 8.45. The summed E-state index contributed by atoms with van der Waals surface area (Å²) in [6.07, 6.45) is 3.62. The SMILES string of the molecule is CC1CCCN(c2cc(Br)ccc2CCN)C1. The molecule has 2 N–H and O–H groups in total. The molecular formula is C14H21BrN2. The number of nitrogens with zero attached hydrogens (tertiary/aromatic N) is 1. The van der Waals surface area contributed by atoms with E-state index >= 15 is 0 Å². The molecule has 1 aliphatic heterocycles. The molecule has 94 valence electrons. The minimum Gasteiger partial charge on any atom is -0.371 e. The lowest BCUT2D eigenvalue weighted by molar-refractivity contribution is 0.446. The number of hydrogen-bond acceptors (Lipinski definition) is 2. The van der Waals surface area contributed by atoms with Crippen molar-refractivity contribution in [2.45, 2.75) is 26.2 Å². The molecule has 0 aliphatic carbocycles. The third-order valence-electron chi connectivity index (χ3n) is 3.46. The molecule has 1 fully saturated rings. The number of benzene rings is 1. The Morgan fingerprint density at radius 1 is 1.47 bits per heavy atom. The van der Waals surface area contributed by atoms with E-state index in [1.165, 1.54) is 37.2 Å². The highest BCUT2D eigenvalue weighted by Gasteiger charge is 2.18. The van der Waals surface area contributed by atoms with E-state index in [2.05, 4.69) is 46.0 Å². The van der Waals surface area contributed by atoms with Gasteiger partial charge in [-0.3, -0.25) is 0 Å². The molecule has 3 heteroatoms. The standard InChI is InChI=1S/C14H21BrN2/c1-11-3-2-8-17(10-11)14-9-13(15)5-4-12(14)6-7-16/h4-5,9,11H,2-3,6-8,10,16H2,1H3. The van der Waals surface area contributed by atoms with Crippen LogP contribution in [-0.2, 0) is 6.42 Å². The summed E-state index contributed by atoms with van der Waals surface area (Å²) in [7, 11) is 0. The Morgan fingerprint density at radius 3 is 3.00 bits per heavy atom. The predicted molar refractivity (Wildman–Crippen MR) is 77.5 cm³/mol. The summed E-state index contributed by atoms with van der Waals surface area (Å²) in [6, 6.07) is 6.55. The Bertz CT molecular complexity index is 378. The van der Waals surface area contributed by atoms with Crippen LogP contribution < -0.4 is 10.6 Å². The molecule has 1 unspecified atom stereocenters. The Morgan fingerprint density at radius 2 is 2.29 bits per heavy atom. The first-order valence-corrected chi connectivity index (χ1v) is 7.23. The van der Waals surface area contributed by atoms with Gasteiger partial charge in [0.15, 0.2) is 0 Å². The Hall–Kier alpha value is -0.540. The molecule has 2 rings (SSSR count). The molecule has 0 radical (unpaired) electrons. The number of anilines is 1. The van der Waals surface area contributed by atoms with Crippen LogP contribution in [0.15, 0.2) is 22.7 Å². The van der Waals surface area contributed by atoms with Gasteiger partial charge in [0.2, 0.25) is 0 Å². The van der Waals surface area contributed by atoms with Crippen molar-refractivity contribution < 1.29 is 0 Å². The lowest BCUT2D eigenvalue weighted by Gasteiger charge is -2.34. The maximum absolute atomic E-state index is 5.69. The maximum atomic E-state index is 5.69. The van der Waals surface area contributed by atoms with Gasteiger partial charge in [0.1, 0.15) is 0 Å². The van der Waals surface area contributed by atoms with E-state index in [-0.39, 0.29) is 0 Å². The van der Waals surface area contributed by atoms with Crippen molar-refractivity contribution in [3.8, 4) is 0 Å². The minimum atomic E-state index is 0.720. The van der Waals surface area contributed by atoms with Crippen LogP contribution in [0.5, 0.6) is 0 Å². The quantitative estimate of drug-likeness (QED) is 0.928. The smallest absolute Gasteiger partial charge is 0.0410 e. The lowest BCUT2D eigenvalue weighted by atomic mass is 9.98. The first-order chi connectivity index (χ1) is 8.20. The summed E-state index contributed by atoms with van der Waals surface area (Å²) in [6.45, 7) is 5.41. The van der Waals surface area contributed by atoms with Crippen LogP contribution in [0.3, 0.4) is 0 Å². The zero-order valence-corrected chi connectivity index (χ0v) is 12.0. The van der Waals surface area contributed by atoms with Gasteiger partial charge in [0, 0.05) is 23.2 Å². The fourth-order valence-corrected chi connectivity index (χ4v) is 2.96. The molecule has 1 aromatic carbocycles. The third-order valence-corrected chi connectivity index (χ3v) is 3.95. The zero-order valence-electron chi connectivity index (χ0n) is 10.5. The van der Waals surface area contributed by atoms with Gasteiger partial charge >= 0.3 is 0 Å². The Kier molecular flexibility index (Phi) is 4.46. The highest BCUT2D eigenvalue weighted by molar-refractivity contribution is 9.10. The molecule has 0 saturated carbocycles. The van der Waals surface area contributed by atoms with Crippen molar-refractivity contribution in [1.82, 2.24) is 0 Å². The third kappa shape index (κ3) is 3.23. The van der Waals surface area contributed by atoms with Gasteiger partial charge in [-0.2, -0.15) is 0 Å². The summed E-state index contributed by atoms with van der Waals surface area (Å²) < 4.78 is 1.16. The molecule has 0 amide bonds. The summed E-state index contributed by atoms with van der Waals surface area (Å²) in [5, 5.41) is 0. The number of nitrogens with two attached hydrogens (primary N) is 1. The van der Waals surface area contributed by atoms with E-state index < -0.39 is 0 Å². The van der Waals surface area contributed by atoms with Crippen LogP contribution in [-0.4, -0.2) is 19.6 Å². The van der Waals surface area contributed by atoms with Crippen molar-refractivity contribution in [2.75, 3.05) is 24.5 Å². The number of rotatable bonds is 3. The van der Waals surface area contributed by atoms with Crippen molar-refractivity contribution in [1.29, 1.82) is 0 Å². The molecular weight excluding hydrogens is 276 g/mol. The van der Waals surface area contributed by atoms with Gasteiger partial charge in [0.25, 0.3) is 0 Å². The summed E-state index contributed by atoms with van der Waals surface area (Å²) in [5.74, 6) is 0.799. The van der Waals surface area contributed by atoms with Crippen LogP contribution in [0.25, 0.3) is 0 Å². The first kappa shape index (κ1) is 12.9. The van der Waals surface area contributed by atoms with Crippen molar-refractivity contribution in [2.24, 2.45) is 11.7 Å². The van der Waals surface area contributed by atoms with Gasteiger partial charge in [-0.25, -0.2) is 0 Å². The van der Waals surface area contributed by atoms with Crippen molar-refractivity contribution in [3.05, 3.63) is 28.2 Å². The minimum absolute atomic E-state index is 0.720. The maximum Gasteiger partial charge on any atom is 0.0410 e. The van der Waals surface area contributed by atoms with Crippen LogP contribution >= 0.6 is 15.9 Å². The van der Waals surface area contributed by atoms with E-state index in [4.69, 9.17) is 5.73 Å². The Balaban J connectivity index is 2.25. The van der Waals surface area contributed by atoms with Crippen LogP contribution in [0.4, 0.5) is 5.69 Å². The van der Waals surface area contributed by atoms with Gasteiger partial charge < -0.3 is 10.6 Å². The monoisotopic (exact) mass is 296 g/mol. The zero-order chi connectivity index (χ0) is 12.3. The number of hydrogen-bond donors (Lipinski definition) is 1. The van der Waals surface area contributed by atoms with Gasteiger partial charge in [0.05, 0.1) is 0 Å². The van der Waals surface area contributed by atoms with E-state index in [0.29, 0.717) is 0 Å². The Labute approximate surface area is 112 Å². The summed E-state index contributed by atoms with van der Waals surface area (Å²) in [4.78, 5) is 2.52. The van der Waals surface area contributed by atoms with Crippen LogP contribution in [0, 0.1) is 5.92 Å². The second-order valence-electron chi connectivity index (χ2n) is 5.01. The molecule has 0 aromatic heterocycles. The van der Waals surface area contributed by atoms with E-state index in [0.717, 1.165) is 23.4 Å². The second-order valence-corrected chi connectivity index (χ2v) is 5.92. The molecule has 1 aliphatic rings. The number of piperidine rings is 1. The van der Waals surface area contributed by atoms with Gasteiger partial charge in [-0.15, -0.1) is 0 Å². The van der Waals surface area contributed by atoms with Crippen LogP contribution in [0.1, 0.15) is 25.3 Å². The van der Waals surface area contributed by atoms with Crippen molar-refractivity contribution >= 4 is 21.6 Å². The topological polar surface area (TPSA) is 29.3 Å². The van der Waals surface area contributed by atoms with Gasteiger partial charge in [-0.05, 0) is 49.4 Å². The highest BCUT2D eigenvalue weighted by Crippen LogP contribution is 2.29. The first-order valence-electron chi connectivity index (χ1n) is 6.44. The highest BCUT2D eigenvalue weighted by atomic mass is 79.9. The van der Waals surface area contributed by atoms with Crippen LogP contribution in [0.2, 0.25) is 0 Å². The molecule has 17 heavy (non-hydrogen) atoms. The van der Waals surface area contributed by atoms with Crippen molar-refractivity contribution in [3.63, 3.8) is 0 Å².